The molecule has 2 rings (SSSR count). The Morgan fingerprint density at radius 2 is 2.09 bits per heavy atom. The number of carbonyl (C=O) groups excluding carboxylic acids is 1. The summed E-state index contributed by atoms with van der Waals surface area (Å²) in [6.07, 6.45) is 5.21. The van der Waals surface area contributed by atoms with Crippen molar-refractivity contribution in [3.05, 3.63) is 22.7 Å². The lowest BCUT2D eigenvalue weighted by atomic mass is 9.89. The summed E-state index contributed by atoms with van der Waals surface area (Å²) in [4.78, 5) is 10.9. The first-order chi connectivity index (χ1) is 10.9. The van der Waals surface area contributed by atoms with Crippen LogP contribution in [-0.2, 0) is 11.3 Å². The van der Waals surface area contributed by atoms with Crippen LogP contribution < -0.4 is 20.5 Å². The van der Waals surface area contributed by atoms with Crippen LogP contribution in [-0.4, -0.2) is 26.2 Å². The smallest absolute Gasteiger partial charge is 0.255 e. The summed E-state index contributed by atoms with van der Waals surface area (Å²) in [6.45, 7) is 3.81. The Labute approximate surface area is 142 Å². The minimum Gasteiger partial charge on any atom is -0.493 e. The van der Waals surface area contributed by atoms with Crippen molar-refractivity contribution in [2.45, 2.75) is 39.2 Å². The first-order valence-electron chi connectivity index (χ1n) is 7.92. The molecule has 0 aromatic heterocycles. The zero-order chi connectivity index (χ0) is 16.9. The first kappa shape index (κ1) is 17.9. The summed E-state index contributed by atoms with van der Waals surface area (Å²) < 4.78 is 10.6. The van der Waals surface area contributed by atoms with Gasteiger partial charge in [0.2, 0.25) is 0 Å². The van der Waals surface area contributed by atoms with E-state index in [4.69, 9.17) is 26.8 Å². The van der Waals surface area contributed by atoms with Crippen LogP contribution in [0.3, 0.4) is 0 Å². The van der Waals surface area contributed by atoms with Crippen molar-refractivity contribution in [2.75, 3.05) is 20.3 Å². The predicted molar refractivity (Wildman–Crippen MR) is 91.0 cm³/mol. The number of benzene rings is 1. The molecule has 0 saturated heterocycles. The number of hydrogen-bond donors (Lipinski definition) is 2. The summed E-state index contributed by atoms with van der Waals surface area (Å²) in [5, 5.41) is 3.91. The van der Waals surface area contributed by atoms with E-state index in [1.807, 2.05) is 12.1 Å². The maximum Gasteiger partial charge on any atom is 0.255 e. The molecule has 0 bridgehead atoms. The Balaban J connectivity index is 1.99. The monoisotopic (exact) mass is 340 g/mol. The fraction of sp³-hybridized carbons (Fsp3) is 0.588. The topological polar surface area (TPSA) is 73.6 Å². The SMILES string of the molecule is COc1cc(CNCC2(C)CCCC2)cc(Cl)c1OCC(N)=O. The lowest BCUT2D eigenvalue weighted by molar-refractivity contribution is -0.119. The van der Waals surface area contributed by atoms with Crippen LogP contribution in [0.4, 0.5) is 0 Å². The number of ether oxygens (including phenoxy) is 2. The van der Waals surface area contributed by atoms with Crippen LogP contribution in [0.25, 0.3) is 0 Å². The molecule has 1 saturated carbocycles. The second-order valence-electron chi connectivity index (χ2n) is 6.49. The number of rotatable bonds is 8. The van der Waals surface area contributed by atoms with E-state index in [-0.39, 0.29) is 6.61 Å². The number of hydrogen-bond acceptors (Lipinski definition) is 4. The number of halogens is 1. The van der Waals surface area contributed by atoms with Gasteiger partial charge in [0.15, 0.2) is 18.1 Å². The van der Waals surface area contributed by atoms with E-state index in [0.717, 1.165) is 12.1 Å². The molecule has 1 aliphatic carbocycles. The summed E-state index contributed by atoms with van der Waals surface area (Å²) in [5.74, 6) is 0.292. The number of carbonyl (C=O) groups is 1. The molecule has 0 spiro atoms. The van der Waals surface area contributed by atoms with Crippen molar-refractivity contribution in [3.8, 4) is 11.5 Å². The molecule has 1 aromatic carbocycles. The van der Waals surface area contributed by atoms with Gasteiger partial charge in [-0.25, -0.2) is 0 Å². The molecule has 1 aromatic rings. The number of amides is 1. The molecule has 6 heteroatoms. The standard InChI is InChI=1S/C17H25ClN2O3/c1-17(5-3-4-6-17)11-20-9-12-7-13(18)16(14(8-12)22-2)23-10-15(19)21/h7-8,20H,3-6,9-11H2,1-2H3,(H2,19,21). The van der Waals surface area contributed by atoms with Gasteiger partial charge < -0.3 is 20.5 Å². The lowest BCUT2D eigenvalue weighted by Gasteiger charge is -2.24. The summed E-state index contributed by atoms with van der Waals surface area (Å²) in [5.41, 5.74) is 6.51. The molecular formula is C17H25ClN2O3. The minimum absolute atomic E-state index is 0.230. The highest BCUT2D eigenvalue weighted by atomic mass is 35.5. The van der Waals surface area contributed by atoms with Crippen LogP contribution in [0.1, 0.15) is 38.2 Å². The number of nitrogens with one attached hydrogen (secondary N) is 1. The number of nitrogens with two attached hydrogens (primary N) is 1. The summed E-state index contributed by atoms with van der Waals surface area (Å²) in [7, 11) is 1.54. The maximum absolute atomic E-state index is 10.9. The van der Waals surface area contributed by atoms with E-state index >= 15 is 0 Å². The van der Waals surface area contributed by atoms with E-state index in [2.05, 4.69) is 12.2 Å². The highest BCUT2D eigenvalue weighted by Crippen LogP contribution is 2.38. The molecule has 1 fully saturated rings. The van der Waals surface area contributed by atoms with Gasteiger partial charge in [-0.05, 0) is 36.0 Å². The quantitative estimate of drug-likeness (QED) is 0.763. The Hall–Kier alpha value is -1.46. The fourth-order valence-corrected chi connectivity index (χ4v) is 3.36. The third-order valence-electron chi connectivity index (χ3n) is 4.34. The summed E-state index contributed by atoms with van der Waals surface area (Å²) in [6, 6.07) is 3.69. The van der Waals surface area contributed by atoms with Crippen molar-refractivity contribution >= 4 is 17.5 Å². The van der Waals surface area contributed by atoms with Gasteiger partial charge in [-0.2, -0.15) is 0 Å². The van der Waals surface area contributed by atoms with E-state index in [0.29, 0.717) is 28.5 Å². The van der Waals surface area contributed by atoms with Gasteiger partial charge in [-0.1, -0.05) is 31.4 Å². The Morgan fingerprint density at radius 1 is 1.39 bits per heavy atom. The zero-order valence-corrected chi connectivity index (χ0v) is 14.5. The van der Waals surface area contributed by atoms with Gasteiger partial charge in [0.25, 0.3) is 5.91 Å². The zero-order valence-electron chi connectivity index (χ0n) is 13.8. The molecule has 128 valence electrons. The Morgan fingerprint density at radius 3 is 2.70 bits per heavy atom. The van der Waals surface area contributed by atoms with Gasteiger partial charge in [-0.3, -0.25) is 4.79 Å². The first-order valence-corrected chi connectivity index (χ1v) is 8.29. The number of methoxy groups -OCH3 is 1. The summed E-state index contributed by atoms with van der Waals surface area (Å²) >= 11 is 6.25. The number of primary amides is 1. The molecule has 0 aliphatic heterocycles. The maximum atomic E-state index is 10.9. The third-order valence-corrected chi connectivity index (χ3v) is 4.62. The predicted octanol–water partition coefficient (Wildman–Crippen LogP) is 2.88. The molecule has 3 N–H and O–H groups in total. The van der Waals surface area contributed by atoms with Crippen molar-refractivity contribution in [3.63, 3.8) is 0 Å². The molecule has 0 heterocycles. The van der Waals surface area contributed by atoms with Crippen molar-refractivity contribution in [1.82, 2.24) is 5.32 Å². The second-order valence-corrected chi connectivity index (χ2v) is 6.89. The lowest BCUT2D eigenvalue weighted by Crippen LogP contribution is -2.29. The van der Waals surface area contributed by atoms with Gasteiger partial charge in [0.05, 0.1) is 12.1 Å². The van der Waals surface area contributed by atoms with Crippen LogP contribution in [0.5, 0.6) is 11.5 Å². The molecule has 0 radical (unpaired) electrons. The largest absolute Gasteiger partial charge is 0.493 e. The van der Waals surface area contributed by atoms with Crippen molar-refractivity contribution in [2.24, 2.45) is 11.1 Å². The van der Waals surface area contributed by atoms with Gasteiger partial charge >= 0.3 is 0 Å². The molecule has 1 aliphatic rings. The van der Waals surface area contributed by atoms with Crippen LogP contribution in [0, 0.1) is 5.41 Å². The molecule has 0 atom stereocenters. The minimum atomic E-state index is -0.557. The van der Waals surface area contributed by atoms with Gasteiger partial charge in [0.1, 0.15) is 0 Å². The van der Waals surface area contributed by atoms with E-state index in [9.17, 15) is 4.79 Å². The van der Waals surface area contributed by atoms with E-state index in [1.54, 1.807) is 7.11 Å². The molecule has 23 heavy (non-hydrogen) atoms. The molecule has 1 amide bonds. The van der Waals surface area contributed by atoms with Gasteiger partial charge in [-0.15, -0.1) is 0 Å². The molecular weight excluding hydrogens is 316 g/mol. The second kappa shape index (κ2) is 7.88. The Bertz CT molecular complexity index is 557. The van der Waals surface area contributed by atoms with Gasteiger partial charge in [0, 0.05) is 13.1 Å². The highest BCUT2D eigenvalue weighted by Gasteiger charge is 2.27. The van der Waals surface area contributed by atoms with E-state index in [1.165, 1.54) is 25.7 Å². The molecule has 0 unspecified atom stereocenters. The fourth-order valence-electron chi connectivity index (χ4n) is 3.07. The third kappa shape index (κ3) is 5.01. The normalized spacial score (nSPS) is 16.3. The van der Waals surface area contributed by atoms with Crippen molar-refractivity contribution in [1.29, 1.82) is 0 Å². The molecule has 5 nitrogen and oxygen atoms in total. The average molecular weight is 341 g/mol. The van der Waals surface area contributed by atoms with Crippen molar-refractivity contribution < 1.29 is 14.3 Å². The van der Waals surface area contributed by atoms with E-state index < -0.39 is 5.91 Å². The average Bonchev–Trinajstić information content (AvgIpc) is 2.92. The Kier molecular flexibility index (Phi) is 6.13. The van der Waals surface area contributed by atoms with Crippen LogP contribution >= 0.6 is 11.6 Å². The van der Waals surface area contributed by atoms with Crippen LogP contribution in [0.2, 0.25) is 5.02 Å². The van der Waals surface area contributed by atoms with Crippen LogP contribution in [0.15, 0.2) is 12.1 Å². The highest BCUT2D eigenvalue weighted by molar-refractivity contribution is 6.32.